The van der Waals surface area contributed by atoms with Crippen LogP contribution in [-0.2, 0) is 21.3 Å². The lowest BCUT2D eigenvalue weighted by atomic mass is 9.84. The third kappa shape index (κ3) is 5.66. The maximum Gasteiger partial charge on any atom is 0.242 e. The van der Waals surface area contributed by atoms with E-state index >= 15 is 0 Å². The molecule has 0 aromatic heterocycles. The van der Waals surface area contributed by atoms with Crippen molar-refractivity contribution in [3.63, 3.8) is 0 Å². The Hall–Kier alpha value is -1.68. The molecule has 1 aliphatic rings. The van der Waals surface area contributed by atoms with Crippen LogP contribution >= 0.6 is 0 Å². The highest BCUT2D eigenvalue weighted by Gasteiger charge is 2.34. The molecule has 0 radical (unpaired) electrons. The SMILES string of the molecule is CCNC(=NCc1ccccc1S(=O)(=O)N(C)C)NCC1(CCO)CCOC1. The molecule has 9 heteroatoms. The second-order valence-corrected chi connectivity index (χ2v) is 9.34. The van der Waals surface area contributed by atoms with E-state index in [9.17, 15) is 13.5 Å². The van der Waals surface area contributed by atoms with Crippen LogP contribution in [0.1, 0.15) is 25.3 Å². The van der Waals surface area contributed by atoms with Gasteiger partial charge in [-0.25, -0.2) is 17.7 Å². The van der Waals surface area contributed by atoms with E-state index in [4.69, 9.17) is 4.74 Å². The van der Waals surface area contributed by atoms with Crippen molar-refractivity contribution in [2.45, 2.75) is 31.2 Å². The van der Waals surface area contributed by atoms with Crippen molar-refractivity contribution in [1.82, 2.24) is 14.9 Å². The largest absolute Gasteiger partial charge is 0.396 e. The minimum absolute atomic E-state index is 0.100. The van der Waals surface area contributed by atoms with Crippen LogP contribution in [0.4, 0.5) is 0 Å². The van der Waals surface area contributed by atoms with E-state index in [-0.39, 0.29) is 23.5 Å². The van der Waals surface area contributed by atoms with Crippen LogP contribution in [0.15, 0.2) is 34.2 Å². The Labute approximate surface area is 168 Å². The number of hydrogen-bond acceptors (Lipinski definition) is 5. The fourth-order valence-corrected chi connectivity index (χ4v) is 4.28. The Morgan fingerprint density at radius 1 is 1.32 bits per heavy atom. The zero-order valence-electron chi connectivity index (χ0n) is 16.9. The summed E-state index contributed by atoms with van der Waals surface area (Å²) in [5.41, 5.74) is 0.541. The molecule has 1 atom stereocenters. The summed E-state index contributed by atoms with van der Waals surface area (Å²) in [6.07, 6.45) is 1.56. The summed E-state index contributed by atoms with van der Waals surface area (Å²) in [6, 6.07) is 6.91. The van der Waals surface area contributed by atoms with Gasteiger partial charge < -0.3 is 20.5 Å². The molecule has 28 heavy (non-hydrogen) atoms. The maximum absolute atomic E-state index is 12.5. The molecule has 1 aromatic carbocycles. The van der Waals surface area contributed by atoms with Gasteiger partial charge in [0.15, 0.2) is 5.96 Å². The molecular weight excluding hydrogens is 380 g/mol. The molecule has 2 rings (SSSR count). The summed E-state index contributed by atoms with van der Waals surface area (Å²) in [5, 5.41) is 15.9. The average Bonchev–Trinajstić information content (AvgIpc) is 3.13. The van der Waals surface area contributed by atoms with Crippen LogP contribution in [0.5, 0.6) is 0 Å². The predicted octanol–water partition coefficient (Wildman–Crippen LogP) is 0.781. The normalized spacial score (nSPS) is 20.5. The molecular formula is C19H32N4O4S. The van der Waals surface area contributed by atoms with Crippen LogP contribution in [0, 0.1) is 5.41 Å². The van der Waals surface area contributed by atoms with Crippen LogP contribution < -0.4 is 10.6 Å². The number of sulfonamides is 1. The molecule has 1 aliphatic heterocycles. The number of nitrogens with one attached hydrogen (secondary N) is 2. The predicted molar refractivity (Wildman–Crippen MR) is 110 cm³/mol. The Bertz CT molecular complexity index is 759. The van der Waals surface area contributed by atoms with Crippen LogP contribution in [0.2, 0.25) is 0 Å². The van der Waals surface area contributed by atoms with Crippen LogP contribution in [0.3, 0.4) is 0 Å². The third-order valence-corrected chi connectivity index (χ3v) is 6.86. The standard InChI is InChI=1S/C19H32N4O4S/c1-4-20-18(22-14-19(9-11-24)10-12-27-15-19)21-13-16-7-5-6-8-17(16)28(25,26)23(2)3/h5-8,24H,4,9-15H2,1-3H3,(H2,20,21,22). The number of rotatable bonds is 9. The molecule has 158 valence electrons. The van der Waals surface area contributed by atoms with Gasteiger partial charge in [0.2, 0.25) is 10.0 Å². The van der Waals surface area contributed by atoms with Crippen molar-refractivity contribution >= 4 is 16.0 Å². The number of hydrogen-bond donors (Lipinski definition) is 3. The summed E-state index contributed by atoms with van der Waals surface area (Å²) < 4.78 is 31.8. The molecule has 8 nitrogen and oxygen atoms in total. The van der Waals surface area contributed by atoms with E-state index in [0.29, 0.717) is 44.2 Å². The number of aliphatic hydroxyl groups excluding tert-OH is 1. The number of guanidine groups is 1. The molecule has 0 spiro atoms. The summed E-state index contributed by atoms with van der Waals surface area (Å²) in [6.45, 7) is 4.97. The van der Waals surface area contributed by atoms with E-state index in [0.717, 1.165) is 6.42 Å². The summed E-state index contributed by atoms with van der Waals surface area (Å²) in [5.74, 6) is 0.615. The Morgan fingerprint density at radius 2 is 2.07 bits per heavy atom. The highest BCUT2D eigenvalue weighted by Crippen LogP contribution is 2.31. The smallest absolute Gasteiger partial charge is 0.242 e. The topological polar surface area (TPSA) is 103 Å². The van der Waals surface area contributed by atoms with Crippen molar-refractivity contribution in [1.29, 1.82) is 0 Å². The molecule has 1 aromatic rings. The van der Waals surface area contributed by atoms with Gasteiger partial charge in [0.05, 0.1) is 18.0 Å². The highest BCUT2D eigenvalue weighted by atomic mass is 32.2. The van der Waals surface area contributed by atoms with Gasteiger partial charge in [-0.1, -0.05) is 18.2 Å². The lowest BCUT2D eigenvalue weighted by molar-refractivity contribution is 0.127. The first-order valence-electron chi connectivity index (χ1n) is 9.56. The van der Waals surface area contributed by atoms with Gasteiger partial charge in [0.1, 0.15) is 0 Å². The first kappa shape index (κ1) is 22.6. The number of aliphatic hydroxyl groups is 1. The first-order valence-corrected chi connectivity index (χ1v) is 11.0. The monoisotopic (exact) mass is 412 g/mol. The van der Waals surface area contributed by atoms with Gasteiger partial charge in [-0.15, -0.1) is 0 Å². The van der Waals surface area contributed by atoms with E-state index in [1.807, 2.05) is 13.0 Å². The minimum Gasteiger partial charge on any atom is -0.396 e. The molecule has 1 saturated heterocycles. The van der Waals surface area contributed by atoms with E-state index < -0.39 is 10.0 Å². The zero-order valence-corrected chi connectivity index (χ0v) is 17.8. The molecule has 0 bridgehead atoms. The Kier molecular flexibility index (Phi) is 8.23. The molecule has 3 N–H and O–H groups in total. The van der Waals surface area contributed by atoms with Crippen molar-refractivity contribution in [3.8, 4) is 0 Å². The van der Waals surface area contributed by atoms with Crippen molar-refractivity contribution in [2.75, 3.05) is 47.0 Å². The fourth-order valence-electron chi connectivity index (χ4n) is 3.17. The molecule has 1 heterocycles. The first-order chi connectivity index (χ1) is 13.3. The van der Waals surface area contributed by atoms with Gasteiger partial charge in [-0.2, -0.15) is 0 Å². The highest BCUT2D eigenvalue weighted by molar-refractivity contribution is 7.89. The molecule has 0 amide bonds. The molecule has 0 aliphatic carbocycles. The quantitative estimate of drug-likeness (QED) is 0.409. The van der Waals surface area contributed by atoms with E-state index in [1.54, 1.807) is 18.2 Å². The molecule has 1 fully saturated rings. The lowest BCUT2D eigenvalue weighted by Crippen LogP contribution is -2.44. The number of ether oxygens (including phenoxy) is 1. The van der Waals surface area contributed by atoms with Crippen LogP contribution in [0.25, 0.3) is 0 Å². The van der Waals surface area contributed by atoms with Gasteiger partial charge >= 0.3 is 0 Å². The van der Waals surface area contributed by atoms with Gasteiger partial charge in [-0.3, -0.25) is 0 Å². The maximum atomic E-state index is 12.5. The molecule has 1 unspecified atom stereocenters. The second-order valence-electron chi connectivity index (χ2n) is 7.22. The number of benzene rings is 1. The Morgan fingerprint density at radius 3 is 2.68 bits per heavy atom. The lowest BCUT2D eigenvalue weighted by Gasteiger charge is -2.27. The van der Waals surface area contributed by atoms with Gasteiger partial charge in [-0.05, 0) is 31.4 Å². The van der Waals surface area contributed by atoms with Crippen molar-refractivity contribution in [3.05, 3.63) is 29.8 Å². The van der Waals surface area contributed by atoms with Crippen LogP contribution in [-0.4, -0.2) is 70.8 Å². The second kappa shape index (κ2) is 10.2. The van der Waals surface area contributed by atoms with E-state index in [1.165, 1.54) is 18.4 Å². The fraction of sp³-hybridized carbons (Fsp3) is 0.632. The summed E-state index contributed by atoms with van der Waals surface area (Å²) in [7, 11) is -0.493. The Balaban J connectivity index is 2.15. The minimum atomic E-state index is -3.53. The average molecular weight is 413 g/mol. The summed E-state index contributed by atoms with van der Waals surface area (Å²) in [4.78, 5) is 4.84. The van der Waals surface area contributed by atoms with Crippen molar-refractivity contribution < 1.29 is 18.3 Å². The summed E-state index contributed by atoms with van der Waals surface area (Å²) >= 11 is 0. The van der Waals surface area contributed by atoms with E-state index in [2.05, 4.69) is 15.6 Å². The number of aliphatic imine (C=N–C) groups is 1. The molecule has 0 saturated carbocycles. The zero-order chi connectivity index (χ0) is 20.6. The van der Waals surface area contributed by atoms with Crippen molar-refractivity contribution in [2.24, 2.45) is 10.4 Å². The number of nitrogens with zero attached hydrogens (tertiary/aromatic N) is 2. The van der Waals surface area contributed by atoms with Gasteiger partial charge in [0, 0.05) is 45.8 Å². The third-order valence-electron chi connectivity index (χ3n) is 4.94. The van der Waals surface area contributed by atoms with Gasteiger partial charge in [0.25, 0.3) is 0 Å².